The van der Waals surface area contributed by atoms with Gasteiger partial charge < -0.3 is 10.2 Å². The van der Waals surface area contributed by atoms with Crippen molar-refractivity contribution in [1.29, 1.82) is 0 Å². The van der Waals surface area contributed by atoms with Gasteiger partial charge in [-0.05, 0) is 35.7 Å². The fraction of sp³-hybridized carbons (Fsp3) is 0.300. The Hall–Kier alpha value is -2.69. The number of halogens is 1. The Balaban J connectivity index is 1.82. The summed E-state index contributed by atoms with van der Waals surface area (Å²) in [4.78, 5) is 25.4. The van der Waals surface area contributed by atoms with Crippen molar-refractivity contribution in [2.45, 2.75) is 26.8 Å². The molecule has 25 heavy (non-hydrogen) atoms. The van der Waals surface area contributed by atoms with E-state index in [4.69, 9.17) is 0 Å². The maximum atomic E-state index is 13.0. The second-order valence-electron chi connectivity index (χ2n) is 6.02. The molecule has 0 aliphatic carbocycles. The van der Waals surface area contributed by atoms with E-state index in [1.807, 2.05) is 31.2 Å². The lowest BCUT2D eigenvalue weighted by molar-refractivity contribution is -0.130. The Morgan fingerprint density at radius 1 is 1.08 bits per heavy atom. The van der Waals surface area contributed by atoms with Crippen molar-refractivity contribution in [3.8, 4) is 0 Å². The van der Waals surface area contributed by atoms with Crippen molar-refractivity contribution in [1.82, 2.24) is 10.2 Å². The number of hydrogen-bond donors (Lipinski definition) is 1. The number of benzene rings is 2. The molecule has 0 aliphatic rings. The second kappa shape index (κ2) is 8.97. The van der Waals surface area contributed by atoms with Crippen LogP contribution in [0.2, 0.25) is 0 Å². The third-order valence-electron chi connectivity index (χ3n) is 4.05. The zero-order chi connectivity index (χ0) is 18.2. The highest BCUT2D eigenvalue weighted by molar-refractivity contribution is 5.79. The van der Waals surface area contributed by atoms with Crippen LogP contribution in [0.1, 0.15) is 23.6 Å². The smallest absolute Gasteiger partial charge is 0.224 e. The zero-order valence-electron chi connectivity index (χ0n) is 14.6. The van der Waals surface area contributed by atoms with Gasteiger partial charge in [-0.3, -0.25) is 9.59 Å². The predicted octanol–water partition coefficient (Wildman–Crippen LogP) is 2.84. The van der Waals surface area contributed by atoms with Crippen molar-refractivity contribution in [3.63, 3.8) is 0 Å². The largest absolute Gasteiger partial charge is 0.354 e. The van der Waals surface area contributed by atoms with Gasteiger partial charge in [0.15, 0.2) is 0 Å². The topological polar surface area (TPSA) is 49.4 Å². The molecular formula is C20H23FN2O2. The van der Waals surface area contributed by atoms with Crippen LogP contribution in [-0.2, 0) is 22.6 Å². The van der Waals surface area contributed by atoms with Gasteiger partial charge in [-0.15, -0.1) is 0 Å². The Morgan fingerprint density at radius 2 is 1.76 bits per heavy atom. The molecular weight excluding hydrogens is 319 g/mol. The van der Waals surface area contributed by atoms with Crippen LogP contribution < -0.4 is 5.32 Å². The number of rotatable bonds is 7. The lowest BCUT2D eigenvalue weighted by Crippen LogP contribution is -2.37. The van der Waals surface area contributed by atoms with E-state index >= 15 is 0 Å². The molecule has 0 fully saturated rings. The van der Waals surface area contributed by atoms with E-state index in [1.165, 1.54) is 19.1 Å². The van der Waals surface area contributed by atoms with E-state index in [9.17, 15) is 14.0 Å². The van der Waals surface area contributed by atoms with Gasteiger partial charge in [0.25, 0.3) is 0 Å². The van der Waals surface area contributed by atoms with Gasteiger partial charge in [-0.2, -0.15) is 0 Å². The minimum atomic E-state index is -0.304. The average Bonchev–Trinajstić information content (AvgIpc) is 2.57. The molecule has 2 rings (SSSR count). The highest BCUT2D eigenvalue weighted by Gasteiger charge is 2.11. The van der Waals surface area contributed by atoms with Crippen molar-refractivity contribution >= 4 is 11.8 Å². The SMILES string of the molecule is CC(=O)N(CCNC(=O)Cc1ccccc1C)Cc1ccc(F)cc1. The van der Waals surface area contributed by atoms with E-state index < -0.39 is 0 Å². The second-order valence-corrected chi connectivity index (χ2v) is 6.02. The quantitative estimate of drug-likeness (QED) is 0.841. The number of carbonyl (C=O) groups excluding carboxylic acids is 2. The lowest BCUT2D eigenvalue weighted by atomic mass is 10.1. The van der Waals surface area contributed by atoms with E-state index in [-0.39, 0.29) is 17.6 Å². The highest BCUT2D eigenvalue weighted by Crippen LogP contribution is 2.08. The summed E-state index contributed by atoms with van der Waals surface area (Å²) in [5.41, 5.74) is 2.93. The first-order chi connectivity index (χ1) is 12.0. The van der Waals surface area contributed by atoms with Crippen molar-refractivity contribution in [3.05, 3.63) is 71.0 Å². The number of amides is 2. The summed E-state index contributed by atoms with van der Waals surface area (Å²) < 4.78 is 13.0. The fourth-order valence-corrected chi connectivity index (χ4v) is 2.53. The summed E-state index contributed by atoms with van der Waals surface area (Å²) in [5.74, 6) is -0.460. The number of nitrogens with one attached hydrogen (secondary N) is 1. The van der Waals surface area contributed by atoms with Crippen LogP contribution in [0.15, 0.2) is 48.5 Å². The Bertz CT molecular complexity index is 729. The summed E-state index contributed by atoms with van der Waals surface area (Å²) in [7, 11) is 0. The Morgan fingerprint density at radius 3 is 2.40 bits per heavy atom. The van der Waals surface area contributed by atoms with Crippen molar-refractivity contribution in [2.75, 3.05) is 13.1 Å². The van der Waals surface area contributed by atoms with Gasteiger partial charge in [0.1, 0.15) is 5.82 Å². The Labute approximate surface area is 147 Å². The van der Waals surface area contributed by atoms with E-state index in [0.717, 1.165) is 16.7 Å². The van der Waals surface area contributed by atoms with E-state index in [2.05, 4.69) is 5.32 Å². The van der Waals surface area contributed by atoms with Gasteiger partial charge >= 0.3 is 0 Å². The van der Waals surface area contributed by atoms with Crippen LogP contribution in [0.25, 0.3) is 0 Å². The summed E-state index contributed by atoms with van der Waals surface area (Å²) in [5, 5.41) is 2.85. The summed E-state index contributed by atoms with van der Waals surface area (Å²) in [6, 6.07) is 13.8. The van der Waals surface area contributed by atoms with Crippen molar-refractivity contribution < 1.29 is 14.0 Å². The number of hydrogen-bond acceptors (Lipinski definition) is 2. The van der Waals surface area contributed by atoms with Crippen LogP contribution in [0.4, 0.5) is 4.39 Å². The fourth-order valence-electron chi connectivity index (χ4n) is 2.53. The molecule has 5 heteroatoms. The molecule has 0 spiro atoms. The minimum absolute atomic E-state index is 0.0698. The lowest BCUT2D eigenvalue weighted by Gasteiger charge is -2.21. The van der Waals surface area contributed by atoms with Gasteiger partial charge in [-0.1, -0.05) is 36.4 Å². The molecule has 1 N–H and O–H groups in total. The van der Waals surface area contributed by atoms with Gasteiger partial charge in [0.2, 0.25) is 11.8 Å². The first-order valence-corrected chi connectivity index (χ1v) is 8.27. The normalized spacial score (nSPS) is 10.4. The van der Waals surface area contributed by atoms with Crippen LogP contribution in [-0.4, -0.2) is 29.8 Å². The van der Waals surface area contributed by atoms with Crippen LogP contribution in [0.3, 0.4) is 0 Å². The molecule has 132 valence electrons. The highest BCUT2D eigenvalue weighted by atomic mass is 19.1. The number of aryl methyl sites for hydroxylation is 1. The standard InChI is InChI=1S/C20H23FN2O2/c1-15-5-3-4-6-18(15)13-20(25)22-11-12-23(16(2)24)14-17-7-9-19(21)10-8-17/h3-10H,11-14H2,1-2H3,(H,22,25). The van der Waals surface area contributed by atoms with Crippen LogP contribution in [0.5, 0.6) is 0 Å². The number of nitrogens with zero attached hydrogens (tertiary/aromatic N) is 1. The molecule has 2 aromatic rings. The zero-order valence-corrected chi connectivity index (χ0v) is 14.6. The molecule has 0 aliphatic heterocycles. The predicted molar refractivity (Wildman–Crippen MR) is 95.4 cm³/mol. The summed E-state index contributed by atoms with van der Waals surface area (Å²) in [6.45, 7) is 4.64. The van der Waals surface area contributed by atoms with Crippen LogP contribution >= 0.6 is 0 Å². The molecule has 2 amide bonds. The van der Waals surface area contributed by atoms with Crippen LogP contribution in [0, 0.1) is 12.7 Å². The maximum absolute atomic E-state index is 13.0. The summed E-state index contributed by atoms with van der Waals surface area (Å²) in [6.07, 6.45) is 0.324. The molecule has 0 saturated carbocycles. The van der Waals surface area contributed by atoms with E-state index in [0.29, 0.717) is 26.1 Å². The molecule has 4 nitrogen and oxygen atoms in total. The molecule has 0 radical (unpaired) electrons. The maximum Gasteiger partial charge on any atom is 0.224 e. The first kappa shape index (κ1) is 18.6. The van der Waals surface area contributed by atoms with Crippen molar-refractivity contribution in [2.24, 2.45) is 0 Å². The molecule has 2 aromatic carbocycles. The van der Waals surface area contributed by atoms with E-state index in [1.54, 1.807) is 17.0 Å². The molecule has 0 bridgehead atoms. The van der Waals surface area contributed by atoms with Gasteiger partial charge in [-0.25, -0.2) is 4.39 Å². The monoisotopic (exact) mass is 342 g/mol. The van der Waals surface area contributed by atoms with Gasteiger partial charge in [0, 0.05) is 26.6 Å². The Kier molecular flexibility index (Phi) is 6.69. The average molecular weight is 342 g/mol. The first-order valence-electron chi connectivity index (χ1n) is 8.27. The molecule has 0 unspecified atom stereocenters. The van der Waals surface area contributed by atoms with Gasteiger partial charge in [0.05, 0.1) is 6.42 Å². The summed E-state index contributed by atoms with van der Waals surface area (Å²) >= 11 is 0. The minimum Gasteiger partial charge on any atom is -0.354 e. The molecule has 0 atom stereocenters. The third-order valence-corrected chi connectivity index (χ3v) is 4.05. The number of carbonyl (C=O) groups is 2. The molecule has 0 saturated heterocycles. The molecule has 0 aromatic heterocycles. The molecule has 0 heterocycles. The third kappa shape index (κ3) is 6.03.